The van der Waals surface area contributed by atoms with Crippen LogP contribution in [0, 0.1) is 5.92 Å². The Morgan fingerprint density at radius 3 is 2.41 bits per heavy atom. The summed E-state index contributed by atoms with van der Waals surface area (Å²) in [4.78, 5) is 35.0. The third-order valence-electron chi connectivity index (χ3n) is 4.62. The number of rotatable bonds is 4. The molecule has 0 saturated heterocycles. The number of nitrogens with zero attached hydrogens (tertiary/aromatic N) is 2. The van der Waals surface area contributed by atoms with Gasteiger partial charge in [-0.1, -0.05) is 15.9 Å². The van der Waals surface area contributed by atoms with Crippen molar-refractivity contribution in [1.29, 1.82) is 0 Å². The van der Waals surface area contributed by atoms with Gasteiger partial charge in [-0.2, -0.15) is 5.10 Å². The zero-order chi connectivity index (χ0) is 19.4. The van der Waals surface area contributed by atoms with Crippen molar-refractivity contribution in [1.82, 2.24) is 20.4 Å². The van der Waals surface area contributed by atoms with Gasteiger partial charge in [0.2, 0.25) is 5.91 Å². The summed E-state index contributed by atoms with van der Waals surface area (Å²) in [6.07, 6.45) is 5.76. The third-order valence-corrected chi connectivity index (χ3v) is 5.14. The van der Waals surface area contributed by atoms with Crippen molar-refractivity contribution in [3.05, 3.63) is 46.7 Å². The van der Waals surface area contributed by atoms with E-state index in [1.54, 1.807) is 10.9 Å². The highest BCUT2D eigenvalue weighted by Gasteiger charge is 2.28. The number of carbonyl (C=O) groups is 3. The third kappa shape index (κ3) is 4.94. The molecular weight excluding hydrogens is 414 g/mol. The lowest BCUT2D eigenvalue weighted by molar-refractivity contribution is -0.124. The van der Waals surface area contributed by atoms with Crippen molar-refractivity contribution in [3.8, 4) is 5.69 Å². The average molecular weight is 434 g/mol. The summed E-state index contributed by atoms with van der Waals surface area (Å²) in [5.74, 6) is -0.780. The molecule has 0 bridgehead atoms. The van der Waals surface area contributed by atoms with E-state index in [1.807, 2.05) is 24.3 Å². The summed E-state index contributed by atoms with van der Waals surface area (Å²) < 4.78 is 2.61. The number of primary amides is 1. The number of hydrogen-bond donors (Lipinski definition) is 3. The molecule has 1 saturated carbocycles. The minimum absolute atomic E-state index is 0.00819. The van der Waals surface area contributed by atoms with E-state index in [0.717, 1.165) is 10.2 Å². The van der Waals surface area contributed by atoms with Crippen LogP contribution in [0.5, 0.6) is 0 Å². The van der Waals surface area contributed by atoms with Gasteiger partial charge in [0, 0.05) is 22.6 Å². The van der Waals surface area contributed by atoms with E-state index >= 15 is 0 Å². The molecule has 3 rings (SSSR count). The number of amides is 4. The fourth-order valence-electron chi connectivity index (χ4n) is 3.17. The molecule has 0 spiro atoms. The highest BCUT2D eigenvalue weighted by Crippen LogP contribution is 2.24. The molecule has 4 N–H and O–H groups in total. The molecule has 1 aromatic carbocycles. The van der Waals surface area contributed by atoms with Crippen molar-refractivity contribution >= 4 is 33.8 Å². The molecule has 1 aliphatic rings. The molecule has 8 nitrogen and oxygen atoms in total. The Balaban J connectivity index is 1.54. The number of hydrogen-bond acceptors (Lipinski definition) is 4. The lowest BCUT2D eigenvalue weighted by Gasteiger charge is -2.27. The first-order valence-corrected chi connectivity index (χ1v) is 9.43. The molecule has 0 unspecified atom stereocenters. The second kappa shape index (κ2) is 8.34. The summed E-state index contributed by atoms with van der Waals surface area (Å²) in [6, 6.07) is 6.77. The largest absolute Gasteiger partial charge is 0.351 e. The number of aromatic nitrogens is 2. The number of benzene rings is 1. The molecule has 1 fully saturated rings. The van der Waals surface area contributed by atoms with Crippen LogP contribution in [0.15, 0.2) is 41.1 Å². The fourth-order valence-corrected chi connectivity index (χ4v) is 3.43. The summed E-state index contributed by atoms with van der Waals surface area (Å²) in [5, 5.41) is 9.34. The van der Waals surface area contributed by atoms with Gasteiger partial charge in [0.25, 0.3) is 5.91 Å². The quantitative estimate of drug-likeness (QED) is 0.683. The molecule has 142 valence electrons. The lowest BCUT2D eigenvalue weighted by Crippen LogP contribution is -2.43. The average Bonchev–Trinajstić information content (AvgIpc) is 3.12. The van der Waals surface area contributed by atoms with E-state index in [-0.39, 0.29) is 23.8 Å². The summed E-state index contributed by atoms with van der Waals surface area (Å²) in [7, 11) is 0. The van der Waals surface area contributed by atoms with Crippen LogP contribution in [-0.2, 0) is 4.79 Å². The van der Waals surface area contributed by atoms with Gasteiger partial charge in [0.05, 0.1) is 17.4 Å². The smallest absolute Gasteiger partial charge is 0.318 e. The Morgan fingerprint density at radius 2 is 1.78 bits per heavy atom. The van der Waals surface area contributed by atoms with Crippen LogP contribution in [0.2, 0.25) is 0 Å². The maximum absolute atomic E-state index is 12.5. The van der Waals surface area contributed by atoms with Crippen molar-refractivity contribution in [2.75, 3.05) is 0 Å². The zero-order valence-electron chi connectivity index (χ0n) is 14.5. The van der Waals surface area contributed by atoms with Crippen LogP contribution < -0.4 is 16.4 Å². The summed E-state index contributed by atoms with van der Waals surface area (Å²) >= 11 is 3.38. The molecule has 4 amide bonds. The Morgan fingerprint density at radius 1 is 1.11 bits per heavy atom. The van der Waals surface area contributed by atoms with E-state index in [1.165, 1.54) is 6.20 Å². The second-order valence-electron chi connectivity index (χ2n) is 6.53. The molecular formula is C18H20BrN5O3. The Kier molecular flexibility index (Phi) is 5.90. The maximum Gasteiger partial charge on any atom is 0.318 e. The Labute approximate surface area is 164 Å². The number of halogens is 1. The van der Waals surface area contributed by atoms with E-state index < -0.39 is 6.03 Å². The van der Waals surface area contributed by atoms with Gasteiger partial charge in [0.1, 0.15) is 0 Å². The van der Waals surface area contributed by atoms with Gasteiger partial charge in [0.15, 0.2) is 0 Å². The Bertz CT molecular complexity index is 841. The van der Waals surface area contributed by atoms with E-state index in [2.05, 4.69) is 31.7 Å². The predicted molar refractivity (Wildman–Crippen MR) is 102 cm³/mol. The summed E-state index contributed by atoms with van der Waals surface area (Å²) in [6.45, 7) is 0. The van der Waals surface area contributed by atoms with Gasteiger partial charge in [-0.3, -0.25) is 14.9 Å². The molecule has 1 aliphatic carbocycles. The lowest BCUT2D eigenvalue weighted by atomic mass is 9.85. The van der Waals surface area contributed by atoms with Crippen molar-refractivity contribution in [2.45, 2.75) is 31.7 Å². The van der Waals surface area contributed by atoms with Crippen molar-refractivity contribution in [2.24, 2.45) is 11.7 Å². The van der Waals surface area contributed by atoms with Crippen LogP contribution >= 0.6 is 15.9 Å². The molecule has 1 heterocycles. The van der Waals surface area contributed by atoms with Crippen LogP contribution in [0.1, 0.15) is 36.0 Å². The van der Waals surface area contributed by atoms with Crippen LogP contribution in [0.3, 0.4) is 0 Å². The minimum atomic E-state index is -0.835. The zero-order valence-corrected chi connectivity index (χ0v) is 16.1. The molecule has 1 aromatic heterocycles. The van der Waals surface area contributed by atoms with Crippen LogP contribution in [-0.4, -0.2) is 33.7 Å². The van der Waals surface area contributed by atoms with E-state index in [4.69, 9.17) is 5.73 Å². The topological polar surface area (TPSA) is 119 Å². The minimum Gasteiger partial charge on any atom is -0.351 e. The highest BCUT2D eigenvalue weighted by molar-refractivity contribution is 9.10. The second-order valence-corrected chi connectivity index (χ2v) is 7.44. The number of carbonyl (C=O) groups excluding carboxylic acids is 3. The number of imide groups is 1. The van der Waals surface area contributed by atoms with E-state index in [0.29, 0.717) is 31.2 Å². The van der Waals surface area contributed by atoms with Crippen LogP contribution in [0.4, 0.5) is 4.79 Å². The molecule has 0 atom stereocenters. The van der Waals surface area contributed by atoms with Gasteiger partial charge in [-0.05, 0) is 49.9 Å². The maximum atomic E-state index is 12.5. The van der Waals surface area contributed by atoms with Gasteiger partial charge >= 0.3 is 6.03 Å². The first kappa shape index (κ1) is 19.1. The van der Waals surface area contributed by atoms with Crippen molar-refractivity contribution in [3.63, 3.8) is 0 Å². The van der Waals surface area contributed by atoms with Gasteiger partial charge < -0.3 is 11.1 Å². The number of urea groups is 1. The first-order chi connectivity index (χ1) is 12.9. The Hall–Kier alpha value is -2.68. The van der Waals surface area contributed by atoms with Gasteiger partial charge in [-0.15, -0.1) is 0 Å². The van der Waals surface area contributed by atoms with Crippen LogP contribution in [0.25, 0.3) is 5.69 Å². The highest BCUT2D eigenvalue weighted by atomic mass is 79.9. The standard InChI is InChI=1S/C18H20BrN5O3/c19-13-3-7-15(8-4-13)24-10-12(9-21-24)17(26)22-14-5-1-11(2-6-14)16(25)23-18(20)27/h3-4,7-11,14H,1-2,5-6H2,(H,22,26)(H3,20,23,25,27). The normalized spacial score (nSPS) is 19.3. The molecule has 9 heteroatoms. The molecule has 2 aromatic rings. The van der Waals surface area contributed by atoms with E-state index in [9.17, 15) is 14.4 Å². The monoisotopic (exact) mass is 433 g/mol. The number of nitrogens with two attached hydrogens (primary N) is 1. The molecule has 0 radical (unpaired) electrons. The number of nitrogens with one attached hydrogen (secondary N) is 2. The molecule has 27 heavy (non-hydrogen) atoms. The fraction of sp³-hybridized carbons (Fsp3) is 0.333. The first-order valence-electron chi connectivity index (χ1n) is 8.64. The van der Waals surface area contributed by atoms with Crippen molar-refractivity contribution < 1.29 is 14.4 Å². The summed E-state index contributed by atoms with van der Waals surface area (Å²) in [5.41, 5.74) is 6.31. The molecule has 0 aliphatic heterocycles. The SMILES string of the molecule is NC(=O)NC(=O)C1CCC(NC(=O)c2cnn(-c3ccc(Br)cc3)c2)CC1. The van der Waals surface area contributed by atoms with Gasteiger partial charge in [-0.25, -0.2) is 9.48 Å². The predicted octanol–water partition coefficient (Wildman–Crippen LogP) is 2.12.